The molecule has 0 aliphatic carbocycles. The maximum atomic E-state index is 12.8. The first-order chi connectivity index (χ1) is 8.72. The Hall–Kier alpha value is -2.43. The Bertz CT molecular complexity index is 688. The predicted molar refractivity (Wildman–Crippen MR) is 66.6 cm³/mol. The van der Waals surface area contributed by atoms with Crippen LogP contribution in [0.15, 0.2) is 42.6 Å². The normalized spacial score (nSPS) is 10.9. The van der Waals surface area contributed by atoms with Gasteiger partial charge >= 0.3 is 0 Å². The van der Waals surface area contributed by atoms with Gasteiger partial charge in [0, 0.05) is 18.3 Å². The molecule has 2 heterocycles. The van der Waals surface area contributed by atoms with Crippen LogP contribution >= 0.6 is 0 Å². The fourth-order valence-corrected chi connectivity index (χ4v) is 1.86. The highest BCUT2D eigenvalue weighted by Gasteiger charge is 2.06. The molecule has 3 rings (SSSR count). The maximum absolute atomic E-state index is 12.8. The van der Waals surface area contributed by atoms with E-state index >= 15 is 0 Å². The van der Waals surface area contributed by atoms with Crippen molar-refractivity contribution in [1.82, 2.24) is 14.6 Å². The van der Waals surface area contributed by atoms with Gasteiger partial charge in [-0.3, -0.25) is 4.40 Å². The Morgan fingerprint density at radius 2 is 1.83 bits per heavy atom. The molecule has 0 aliphatic rings. The molecule has 0 saturated carbocycles. The van der Waals surface area contributed by atoms with Crippen LogP contribution in [0.3, 0.4) is 0 Å². The third-order valence-corrected chi connectivity index (χ3v) is 2.77. The monoisotopic (exact) mass is 242 g/mol. The molecule has 1 aromatic carbocycles. The van der Waals surface area contributed by atoms with Crippen molar-refractivity contribution in [2.24, 2.45) is 0 Å². The number of hydrogen-bond donors (Lipinski definition) is 1. The summed E-state index contributed by atoms with van der Waals surface area (Å²) >= 11 is 0. The Morgan fingerprint density at radius 1 is 1.06 bits per heavy atom. The van der Waals surface area contributed by atoms with Gasteiger partial charge in [-0.05, 0) is 29.8 Å². The van der Waals surface area contributed by atoms with Gasteiger partial charge in [0.25, 0.3) is 0 Å². The van der Waals surface area contributed by atoms with Crippen molar-refractivity contribution in [3.63, 3.8) is 0 Å². The fraction of sp³-hybridized carbons (Fsp3) is 0.0769. The van der Waals surface area contributed by atoms with Crippen molar-refractivity contribution in [2.45, 2.75) is 6.42 Å². The van der Waals surface area contributed by atoms with E-state index in [1.165, 1.54) is 12.1 Å². The second-order valence-electron chi connectivity index (χ2n) is 4.11. The molecule has 0 aliphatic heterocycles. The molecule has 0 bridgehead atoms. The smallest absolute Gasteiger partial charge is 0.160 e. The summed E-state index contributed by atoms with van der Waals surface area (Å²) < 4.78 is 14.7. The number of benzene rings is 1. The van der Waals surface area contributed by atoms with Gasteiger partial charge in [0.15, 0.2) is 5.65 Å². The minimum Gasteiger partial charge on any atom is -0.398 e. The number of nitrogen functional groups attached to an aromatic ring is 1. The van der Waals surface area contributed by atoms with Gasteiger partial charge in [-0.2, -0.15) is 0 Å². The van der Waals surface area contributed by atoms with Crippen LogP contribution in [0.5, 0.6) is 0 Å². The standard InChI is InChI=1S/C13H11FN4/c14-10-3-1-9(2-4-10)7-13-17-16-12-6-5-11(15)8-18(12)13/h1-6,8H,7,15H2. The second kappa shape index (κ2) is 4.10. The van der Waals surface area contributed by atoms with Crippen LogP contribution in [0.2, 0.25) is 0 Å². The SMILES string of the molecule is Nc1ccc2nnc(Cc3ccc(F)cc3)n2c1. The first-order valence-electron chi connectivity index (χ1n) is 5.56. The summed E-state index contributed by atoms with van der Waals surface area (Å²) in [5.41, 5.74) is 8.13. The van der Waals surface area contributed by atoms with E-state index < -0.39 is 0 Å². The molecule has 0 atom stereocenters. The Morgan fingerprint density at radius 3 is 2.61 bits per heavy atom. The summed E-state index contributed by atoms with van der Waals surface area (Å²) in [6, 6.07) is 9.95. The van der Waals surface area contributed by atoms with Crippen molar-refractivity contribution in [3.8, 4) is 0 Å². The van der Waals surface area contributed by atoms with Crippen molar-refractivity contribution in [3.05, 3.63) is 59.8 Å². The van der Waals surface area contributed by atoms with E-state index in [0.29, 0.717) is 12.1 Å². The van der Waals surface area contributed by atoms with Crippen LogP contribution in [0.25, 0.3) is 5.65 Å². The van der Waals surface area contributed by atoms with Crippen molar-refractivity contribution in [2.75, 3.05) is 5.73 Å². The Kier molecular flexibility index (Phi) is 2.44. The van der Waals surface area contributed by atoms with Gasteiger partial charge in [0.2, 0.25) is 0 Å². The summed E-state index contributed by atoms with van der Waals surface area (Å²) in [7, 11) is 0. The van der Waals surface area contributed by atoms with Crippen LogP contribution in [-0.4, -0.2) is 14.6 Å². The molecule has 0 radical (unpaired) electrons. The average molecular weight is 242 g/mol. The van der Waals surface area contributed by atoms with Gasteiger partial charge in [-0.25, -0.2) is 4.39 Å². The third-order valence-electron chi connectivity index (χ3n) is 2.77. The molecule has 0 amide bonds. The largest absolute Gasteiger partial charge is 0.398 e. The molecule has 18 heavy (non-hydrogen) atoms. The average Bonchev–Trinajstić information content (AvgIpc) is 2.75. The summed E-state index contributed by atoms with van der Waals surface area (Å²) in [5.74, 6) is 0.540. The van der Waals surface area contributed by atoms with Gasteiger partial charge in [-0.1, -0.05) is 12.1 Å². The number of aromatic nitrogens is 3. The van der Waals surface area contributed by atoms with Crippen LogP contribution < -0.4 is 5.73 Å². The minimum absolute atomic E-state index is 0.242. The van der Waals surface area contributed by atoms with E-state index in [1.807, 2.05) is 10.5 Å². The molecular formula is C13H11FN4. The maximum Gasteiger partial charge on any atom is 0.160 e. The molecule has 2 N–H and O–H groups in total. The molecule has 0 unspecified atom stereocenters. The number of nitrogens with zero attached hydrogens (tertiary/aromatic N) is 3. The fourth-order valence-electron chi connectivity index (χ4n) is 1.86. The molecule has 5 heteroatoms. The van der Waals surface area contributed by atoms with Crippen molar-refractivity contribution in [1.29, 1.82) is 0 Å². The topological polar surface area (TPSA) is 56.2 Å². The highest BCUT2D eigenvalue weighted by atomic mass is 19.1. The zero-order valence-electron chi connectivity index (χ0n) is 9.55. The van der Waals surface area contributed by atoms with Gasteiger partial charge in [-0.15, -0.1) is 10.2 Å². The molecule has 0 spiro atoms. The summed E-state index contributed by atoms with van der Waals surface area (Å²) in [6.07, 6.45) is 2.37. The minimum atomic E-state index is -0.242. The predicted octanol–water partition coefficient (Wildman–Crippen LogP) is 2.04. The number of nitrogens with two attached hydrogens (primary N) is 1. The van der Waals surface area contributed by atoms with Gasteiger partial charge < -0.3 is 5.73 Å². The van der Waals surface area contributed by atoms with Gasteiger partial charge in [0.05, 0.1) is 0 Å². The lowest BCUT2D eigenvalue weighted by Crippen LogP contribution is -1.98. The molecule has 2 aromatic heterocycles. The molecular weight excluding hydrogens is 231 g/mol. The van der Waals surface area contributed by atoms with E-state index in [0.717, 1.165) is 17.0 Å². The highest BCUT2D eigenvalue weighted by Crippen LogP contribution is 2.12. The Balaban J connectivity index is 1.99. The van der Waals surface area contributed by atoms with Crippen LogP contribution in [0.4, 0.5) is 10.1 Å². The number of fused-ring (bicyclic) bond motifs is 1. The molecule has 0 saturated heterocycles. The zero-order valence-corrected chi connectivity index (χ0v) is 9.55. The number of pyridine rings is 1. The van der Waals surface area contributed by atoms with Gasteiger partial charge in [0.1, 0.15) is 11.6 Å². The number of halogens is 1. The van der Waals surface area contributed by atoms with E-state index in [4.69, 9.17) is 5.73 Å². The zero-order chi connectivity index (χ0) is 12.5. The van der Waals surface area contributed by atoms with E-state index in [-0.39, 0.29) is 5.82 Å². The van der Waals surface area contributed by atoms with E-state index in [2.05, 4.69) is 10.2 Å². The lowest BCUT2D eigenvalue weighted by molar-refractivity contribution is 0.627. The Labute approximate surface area is 103 Å². The highest BCUT2D eigenvalue weighted by molar-refractivity contribution is 5.47. The van der Waals surface area contributed by atoms with Crippen molar-refractivity contribution >= 4 is 11.3 Å². The third kappa shape index (κ3) is 1.90. The van der Waals surface area contributed by atoms with E-state index in [9.17, 15) is 4.39 Å². The summed E-state index contributed by atoms with van der Waals surface area (Å²) in [5, 5.41) is 8.17. The summed E-state index contributed by atoms with van der Waals surface area (Å²) in [6.45, 7) is 0. The first-order valence-corrected chi connectivity index (χ1v) is 5.56. The van der Waals surface area contributed by atoms with Crippen LogP contribution in [-0.2, 0) is 6.42 Å². The number of rotatable bonds is 2. The van der Waals surface area contributed by atoms with Crippen LogP contribution in [0, 0.1) is 5.82 Å². The first kappa shape index (κ1) is 10.7. The van der Waals surface area contributed by atoms with Crippen LogP contribution in [0.1, 0.15) is 11.4 Å². The number of hydrogen-bond acceptors (Lipinski definition) is 3. The molecule has 3 aromatic rings. The summed E-state index contributed by atoms with van der Waals surface area (Å²) in [4.78, 5) is 0. The van der Waals surface area contributed by atoms with E-state index in [1.54, 1.807) is 24.4 Å². The lowest BCUT2D eigenvalue weighted by atomic mass is 10.1. The molecule has 90 valence electrons. The van der Waals surface area contributed by atoms with Crippen molar-refractivity contribution < 1.29 is 4.39 Å². The lowest BCUT2D eigenvalue weighted by Gasteiger charge is -2.01. The molecule has 0 fully saturated rings. The quantitative estimate of drug-likeness (QED) is 0.748. The second-order valence-corrected chi connectivity index (χ2v) is 4.11. The number of anilines is 1. The molecule has 4 nitrogen and oxygen atoms in total.